The molecule has 106 valence electrons. The van der Waals surface area contributed by atoms with Crippen molar-refractivity contribution in [3.8, 4) is 11.3 Å². The highest BCUT2D eigenvalue weighted by Gasteiger charge is 2.19. The van der Waals surface area contributed by atoms with Crippen molar-refractivity contribution in [2.75, 3.05) is 0 Å². The minimum absolute atomic E-state index is 0.0320. The maximum absolute atomic E-state index is 12.5. The molecule has 0 aliphatic heterocycles. The molecule has 4 nitrogen and oxygen atoms in total. The second kappa shape index (κ2) is 5.06. The predicted molar refractivity (Wildman–Crippen MR) is 83.7 cm³/mol. The van der Waals surface area contributed by atoms with Gasteiger partial charge in [0.15, 0.2) is 0 Å². The van der Waals surface area contributed by atoms with E-state index in [1.54, 1.807) is 18.2 Å². The van der Waals surface area contributed by atoms with Crippen molar-refractivity contribution in [3.05, 3.63) is 67.6 Å². The van der Waals surface area contributed by atoms with Gasteiger partial charge >= 0.3 is 5.56 Å². The normalized spacial score (nSPS) is 11.0. The third kappa shape index (κ3) is 2.37. The van der Waals surface area contributed by atoms with E-state index in [4.69, 9.17) is 23.2 Å². The smallest absolute Gasteiger partial charge is 0.322 e. The van der Waals surface area contributed by atoms with Gasteiger partial charge in [0.05, 0.1) is 15.6 Å². The van der Waals surface area contributed by atoms with Crippen LogP contribution in [-0.4, -0.2) is 4.98 Å². The first-order chi connectivity index (χ1) is 9.97. The molecule has 0 bridgehead atoms. The van der Waals surface area contributed by atoms with E-state index in [-0.39, 0.29) is 21.3 Å². The molecule has 6 heteroatoms. The number of fused-ring (bicyclic) bond motifs is 1. The van der Waals surface area contributed by atoms with Gasteiger partial charge in [-0.05, 0) is 25.1 Å². The fourth-order valence-electron chi connectivity index (χ4n) is 2.24. The molecule has 1 N–H and O–H groups in total. The molecule has 0 aliphatic carbocycles. The largest absolute Gasteiger partial charge is 0.618 e. The van der Waals surface area contributed by atoms with Crippen LogP contribution < -0.4 is 10.3 Å². The summed E-state index contributed by atoms with van der Waals surface area (Å²) in [6, 6.07) is 10.1. The number of aromatic amines is 1. The molecule has 0 radical (unpaired) electrons. The lowest BCUT2D eigenvalue weighted by atomic mass is 10.1. The highest BCUT2D eigenvalue weighted by atomic mass is 35.5. The van der Waals surface area contributed by atoms with E-state index < -0.39 is 5.56 Å². The van der Waals surface area contributed by atoms with Gasteiger partial charge in [-0.3, -0.25) is 4.79 Å². The lowest BCUT2D eigenvalue weighted by Crippen LogP contribution is -2.37. The lowest BCUT2D eigenvalue weighted by molar-refractivity contribution is -0.566. The molecule has 0 unspecified atom stereocenters. The Labute approximate surface area is 130 Å². The van der Waals surface area contributed by atoms with Gasteiger partial charge in [-0.25, -0.2) is 0 Å². The number of aromatic nitrogens is 2. The number of benzene rings is 2. The first kappa shape index (κ1) is 13.9. The molecule has 0 fully saturated rings. The topological polar surface area (TPSA) is 59.8 Å². The van der Waals surface area contributed by atoms with Gasteiger partial charge in [0.1, 0.15) is 5.52 Å². The van der Waals surface area contributed by atoms with Crippen LogP contribution in [0.15, 0.2) is 41.2 Å². The Bertz CT molecular complexity index is 919. The molecule has 1 aromatic heterocycles. The average Bonchev–Trinajstić information content (AvgIpc) is 2.41. The van der Waals surface area contributed by atoms with Gasteiger partial charge < -0.3 is 10.2 Å². The summed E-state index contributed by atoms with van der Waals surface area (Å²) in [7, 11) is 0. The fourth-order valence-corrected chi connectivity index (χ4v) is 2.56. The molecule has 0 saturated carbocycles. The number of hydrogen-bond donors (Lipinski definition) is 1. The van der Waals surface area contributed by atoms with E-state index in [9.17, 15) is 10.0 Å². The van der Waals surface area contributed by atoms with Crippen molar-refractivity contribution in [1.29, 1.82) is 0 Å². The number of hydrogen-bond acceptors (Lipinski definition) is 2. The maximum Gasteiger partial charge on any atom is 0.322 e. The zero-order valence-electron chi connectivity index (χ0n) is 11.0. The number of rotatable bonds is 1. The number of H-pyrrole nitrogens is 1. The van der Waals surface area contributed by atoms with Gasteiger partial charge in [0, 0.05) is 6.07 Å². The number of nitrogens with zero attached hydrogens (tertiary/aromatic N) is 1. The van der Waals surface area contributed by atoms with Gasteiger partial charge in [-0.2, -0.15) is 4.73 Å². The van der Waals surface area contributed by atoms with Crippen LogP contribution in [0.5, 0.6) is 0 Å². The molecule has 0 spiro atoms. The molecule has 0 aliphatic rings. The molecule has 21 heavy (non-hydrogen) atoms. The maximum atomic E-state index is 12.5. The average molecular weight is 321 g/mol. The molecule has 3 aromatic rings. The second-order valence-corrected chi connectivity index (χ2v) is 5.56. The Morgan fingerprint density at radius 2 is 1.86 bits per heavy atom. The zero-order valence-corrected chi connectivity index (χ0v) is 12.5. The summed E-state index contributed by atoms with van der Waals surface area (Å²) in [4.78, 5) is 14.9. The third-order valence-corrected chi connectivity index (χ3v) is 3.94. The van der Waals surface area contributed by atoms with Crippen molar-refractivity contribution in [3.63, 3.8) is 0 Å². The summed E-state index contributed by atoms with van der Waals surface area (Å²) in [5.74, 6) is 0. The quantitative estimate of drug-likeness (QED) is 0.551. The number of aryl methyl sites for hydroxylation is 1. The van der Waals surface area contributed by atoms with E-state index in [1.807, 2.05) is 13.0 Å². The molecule has 0 saturated heterocycles. The van der Waals surface area contributed by atoms with Crippen LogP contribution >= 0.6 is 23.2 Å². The Morgan fingerprint density at radius 3 is 2.57 bits per heavy atom. The lowest BCUT2D eigenvalue weighted by Gasteiger charge is -2.08. The van der Waals surface area contributed by atoms with Crippen LogP contribution in [0.2, 0.25) is 10.0 Å². The molecule has 0 atom stereocenters. The van der Waals surface area contributed by atoms with Crippen molar-refractivity contribution in [1.82, 2.24) is 4.98 Å². The first-order valence-electron chi connectivity index (χ1n) is 6.19. The monoisotopic (exact) mass is 320 g/mol. The minimum atomic E-state index is -0.471. The molecule has 2 aromatic carbocycles. The molecular formula is C15H10Cl2N2O2. The summed E-state index contributed by atoms with van der Waals surface area (Å²) < 4.78 is 0.588. The molecular weight excluding hydrogens is 311 g/mol. The molecule has 1 heterocycles. The SMILES string of the molecule is Cc1cccc(-c2c(=O)[nH]c3cc(Cl)c(Cl)cc3[n+]2[O-])c1. The van der Waals surface area contributed by atoms with Gasteiger partial charge in [-0.15, -0.1) is 0 Å². The summed E-state index contributed by atoms with van der Waals surface area (Å²) in [5.41, 5.74) is 1.69. The van der Waals surface area contributed by atoms with Crippen LogP contribution in [0.3, 0.4) is 0 Å². The summed E-state index contributed by atoms with van der Waals surface area (Å²) in [6.07, 6.45) is 0. The van der Waals surface area contributed by atoms with Crippen LogP contribution in [0.1, 0.15) is 5.56 Å². The summed E-state index contributed by atoms with van der Waals surface area (Å²) in [5, 5.41) is 13.1. The zero-order chi connectivity index (χ0) is 15.1. The highest BCUT2D eigenvalue weighted by Crippen LogP contribution is 2.25. The first-order valence-corrected chi connectivity index (χ1v) is 6.94. The van der Waals surface area contributed by atoms with Gasteiger partial charge in [0.25, 0.3) is 5.69 Å². The van der Waals surface area contributed by atoms with Gasteiger partial charge in [0.2, 0.25) is 5.52 Å². The fraction of sp³-hybridized carbons (Fsp3) is 0.0667. The second-order valence-electron chi connectivity index (χ2n) is 4.75. The summed E-state index contributed by atoms with van der Waals surface area (Å²) >= 11 is 11.9. The van der Waals surface area contributed by atoms with Crippen molar-refractivity contribution < 1.29 is 4.73 Å². The van der Waals surface area contributed by atoms with Crippen LogP contribution in [0.25, 0.3) is 22.3 Å². The van der Waals surface area contributed by atoms with Crippen LogP contribution in [0.4, 0.5) is 0 Å². The van der Waals surface area contributed by atoms with E-state index in [0.717, 1.165) is 5.56 Å². The van der Waals surface area contributed by atoms with E-state index >= 15 is 0 Å². The van der Waals surface area contributed by atoms with Crippen LogP contribution in [0, 0.1) is 12.1 Å². The van der Waals surface area contributed by atoms with Crippen LogP contribution in [-0.2, 0) is 0 Å². The standard InChI is InChI=1S/C15H10Cl2N2O2/c1-8-3-2-4-9(5-8)14-15(20)18-12-6-10(16)11(17)7-13(12)19(14)21/h2-7H,1H3,(H,18,20). The summed E-state index contributed by atoms with van der Waals surface area (Å²) in [6.45, 7) is 1.89. The Hall–Kier alpha value is -2.04. The van der Waals surface area contributed by atoms with Crippen molar-refractivity contribution in [2.24, 2.45) is 0 Å². The molecule has 0 amide bonds. The minimum Gasteiger partial charge on any atom is -0.618 e. The third-order valence-electron chi connectivity index (χ3n) is 3.22. The Morgan fingerprint density at radius 1 is 1.14 bits per heavy atom. The Kier molecular flexibility index (Phi) is 3.35. The molecule has 3 rings (SSSR count). The number of nitrogens with one attached hydrogen (secondary N) is 1. The van der Waals surface area contributed by atoms with E-state index in [1.165, 1.54) is 12.1 Å². The van der Waals surface area contributed by atoms with Gasteiger partial charge in [-0.1, -0.05) is 40.9 Å². The van der Waals surface area contributed by atoms with Crippen molar-refractivity contribution in [2.45, 2.75) is 6.92 Å². The van der Waals surface area contributed by atoms with Crippen molar-refractivity contribution >= 4 is 34.2 Å². The highest BCUT2D eigenvalue weighted by molar-refractivity contribution is 6.42. The van der Waals surface area contributed by atoms with E-state index in [0.29, 0.717) is 15.8 Å². The Balaban J connectivity index is 2.39. The predicted octanol–water partition coefficient (Wildman–Crippen LogP) is 3.44. The number of halogens is 2. The van der Waals surface area contributed by atoms with E-state index in [2.05, 4.69) is 4.98 Å².